The maximum Gasteiger partial charge on any atom is 0.231 e. The minimum Gasteiger partial charge on any atom is -0.454 e. The van der Waals surface area contributed by atoms with E-state index in [1.807, 2.05) is 18.3 Å². The van der Waals surface area contributed by atoms with Gasteiger partial charge in [0.25, 0.3) is 0 Å². The van der Waals surface area contributed by atoms with Crippen molar-refractivity contribution in [2.24, 2.45) is 0 Å². The highest BCUT2D eigenvalue weighted by Crippen LogP contribution is 2.39. The summed E-state index contributed by atoms with van der Waals surface area (Å²) in [6.07, 6.45) is 3.00. The summed E-state index contributed by atoms with van der Waals surface area (Å²) in [5.74, 6) is 1.48. The van der Waals surface area contributed by atoms with Gasteiger partial charge in [-0.2, -0.15) is 0 Å². The number of ether oxygens (including phenoxy) is 2. The Bertz CT molecular complexity index is 681. The normalized spacial score (nSPS) is 16.6. The summed E-state index contributed by atoms with van der Waals surface area (Å²) in [6, 6.07) is 3.80. The molecule has 1 amide bonds. The summed E-state index contributed by atoms with van der Waals surface area (Å²) in [5, 5.41) is 4.80. The number of carbonyl (C=O) groups is 1. The first kappa shape index (κ1) is 9.70. The van der Waals surface area contributed by atoms with Crippen molar-refractivity contribution in [2.45, 2.75) is 12.8 Å². The van der Waals surface area contributed by atoms with Crippen LogP contribution in [0, 0.1) is 0 Å². The third kappa shape index (κ3) is 1.27. The van der Waals surface area contributed by atoms with Gasteiger partial charge in [0.05, 0.1) is 11.4 Å². The Morgan fingerprint density at radius 1 is 1.17 bits per heavy atom. The van der Waals surface area contributed by atoms with E-state index < -0.39 is 0 Å². The molecule has 0 unspecified atom stereocenters. The molecule has 0 radical (unpaired) electrons. The number of hydrogen-bond donors (Lipinski definition) is 1. The number of benzene rings is 1. The first-order valence-corrected chi connectivity index (χ1v) is 5.82. The Balaban J connectivity index is 2.01. The monoisotopic (exact) mass is 242 g/mol. The van der Waals surface area contributed by atoms with E-state index in [-0.39, 0.29) is 12.7 Å². The van der Waals surface area contributed by atoms with Gasteiger partial charge in [0, 0.05) is 29.8 Å². The summed E-state index contributed by atoms with van der Waals surface area (Å²) in [5.41, 5.74) is 1.74. The van der Waals surface area contributed by atoms with Gasteiger partial charge in [-0.15, -0.1) is 0 Å². The summed E-state index contributed by atoms with van der Waals surface area (Å²) in [4.78, 5) is 15.9. The van der Waals surface area contributed by atoms with Crippen LogP contribution in [0.25, 0.3) is 10.8 Å². The van der Waals surface area contributed by atoms with Gasteiger partial charge in [-0.1, -0.05) is 0 Å². The maximum atomic E-state index is 11.5. The van der Waals surface area contributed by atoms with E-state index in [0.717, 1.165) is 33.7 Å². The lowest BCUT2D eigenvalue weighted by atomic mass is 10.0. The minimum atomic E-state index is 0.0365. The van der Waals surface area contributed by atoms with Crippen LogP contribution >= 0.6 is 0 Å². The van der Waals surface area contributed by atoms with Crippen LogP contribution in [0.15, 0.2) is 18.3 Å². The number of pyridine rings is 1. The van der Waals surface area contributed by atoms with Crippen molar-refractivity contribution in [3.8, 4) is 11.5 Å². The summed E-state index contributed by atoms with van der Waals surface area (Å²) in [7, 11) is 0. The van der Waals surface area contributed by atoms with Gasteiger partial charge >= 0.3 is 0 Å². The van der Waals surface area contributed by atoms with E-state index in [0.29, 0.717) is 12.8 Å². The van der Waals surface area contributed by atoms with Crippen LogP contribution in [-0.4, -0.2) is 17.7 Å². The largest absolute Gasteiger partial charge is 0.454 e. The number of fused-ring (bicyclic) bond motifs is 4. The van der Waals surface area contributed by atoms with Crippen molar-refractivity contribution in [1.82, 2.24) is 4.98 Å². The van der Waals surface area contributed by atoms with Crippen LogP contribution in [0.5, 0.6) is 11.5 Å². The van der Waals surface area contributed by atoms with E-state index in [1.165, 1.54) is 0 Å². The second-order valence-corrected chi connectivity index (χ2v) is 4.42. The Kier molecular flexibility index (Phi) is 1.81. The molecule has 2 aromatic rings. The van der Waals surface area contributed by atoms with Crippen molar-refractivity contribution in [3.05, 3.63) is 24.0 Å². The standard InChI is InChI=1S/C13H10N2O3/c16-12-2-1-9-13(15-12)8-4-11-10(17-6-18-11)3-7(8)5-14-9/h3-5H,1-2,6H2,(H,15,16). The third-order valence-electron chi connectivity index (χ3n) is 3.32. The highest BCUT2D eigenvalue weighted by molar-refractivity contribution is 6.05. The fourth-order valence-electron chi connectivity index (χ4n) is 2.41. The Morgan fingerprint density at radius 3 is 2.89 bits per heavy atom. The van der Waals surface area contributed by atoms with E-state index in [1.54, 1.807) is 0 Å². The van der Waals surface area contributed by atoms with Crippen LogP contribution in [-0.2, 0) is 11.2 Å². The first-order chi connectivity index (χ1) is 8.81. The number of rotatable bonds is 0. The van der Waals surface area contributed by atoms with Gasteiger partial charge in [-0.3, -0.25) is 9.78 Å². The van der Waals surface area contributed by atoms with Crippen molar-refractivity contribution in [1.29, 1.82) is 0 Å². The molecule has 0 aliphatic carbocycles. The average molecular weight is 242 g/mol. The predicted molar refractivity (Wildman–Crippen MR) is 64.8 cm³/mol. The first-order valence-electron chi connectivity index (χ1n) is 5.82. The summed E-state index contributed by atoms with van der Waals surface area (Å²) in [6.45, 7) is 0.244. The molecular formula is C13H10N2O3. The number of anilines is 1. The Morgan fingerprint density at radius 2 is 2.00 bits per heavy atom. The van der Waals surface area contributed by atoms with Crippen LogP contribution in [0.3, 0.4) is 0 Å². The lowest BCUT2D eigenvalue weighted by Crippen LogP contribution is -2.20. The molecule has 4 rings (SSSR count). The molecule has 18 heavy (non-hydrogen) atoms. The fourth-order valence-corrected chi connectivity index (χ4v) is 2.41. The summed E-state index contributed by atoms with van der Waals surface area (Å²) < 4.78 is 10.7. The predicted octanol–water partition coefficient (Wildman–Crippen LogP) is 1.85. The second-order valence-electron chi connectivity index (χ2n) is 4.42. The molecule has 0 spiro atoms. The van der Waals surface area contributed by atoms with Gasteiger partial charge in [0.1, 0.15) is 0 Å². The molecule has 1 N–H and O–H groups in total. The fraction of sp³-hybridized carbons (Fsp3) is 0.231. The van der Waals surface area contributed by atoms with Crippen molar-refractivity contribution < 1.29 is 14.3 Å². The molecule has 2 aliphatic rings. The van der Waals surface area contributed by atoms with Crippen LogP contribution in [0.4, 0.5) is 5.69 Å². The Hall–Kier alpha value is -2.30. The topological polar surface area (TPSA) is 60.5 Å². The molecule has 3 heterocycles. The zero-order valence-electron chi connectivity index (χ0n) is 9.53. The molecule has 5 heteroatoms. The number of nitrogens with zero attached hydrogens (tertiary/aromatic N) is 1. The van der Waals surface area contributed by atoms with Gasteiger partial charge < -0.3 is 14.8 Å². The van der Waals surface area contributed by atoms with Crippen molar-refractivity contribution in [2.75, 3.05) is 12.1 Å². The zero-order valence-corrected chi connectivity index (χ0v) is 9.53. The maximum absolute atomic E-state index is 11.5. The highest BCUT2D eigenvalue weighted by atomic mass is 16.7. The number of aromatic nitrogens is 1. The smallest absolute Gasteiger partial charge is 0.231 e. The van der Waals surface area contributed by atoms with E-state index in [2.05, 4.69) is 10.3 Å². The number of aryl methyl sites for hydroxylation is 1. The highest BCUT2D eigenvalue weighted by Gasteiger charge is 2.21. The molecule has 1 aromatic heterocycles. The van der Waals surface area contributed by atoms with E-state index in [4.69, 9.17) is 9.47 Å². The molecule has 0 atom stereocenters. The second kappa shape index (κ2) is 3.35. The molecule has 90 valence electrons. The molecule has 0 saturated carbocycles. The number of nitrogens with one attached hydrogen (secondary N) is 1. The average Bonchev–Trinajstić information content (AvgIpc) is 2.83. The number of hydrogen-bond acceptors (Lipinski definition) is 4. The third-order valence-corrected chi connectivity index (χ3v) is 3.32. The molecule has 0 fully saturated rings. The van der Waals surface area contributed by atoms with Gasteiger partial charge in [-0.05, 0) is 12.1 Å². The molecule has 2 aliphatic heterocycles. The minimum absolute atomic E-state index is 0.0365. The van der Waals surface area contributed by atoms with Crippen LogP contribution in [0.1, 0.15) is 12.1 Å². The molecule has 0 saturated heterocycles. The SMILES string of the molecule is O=C1CCc2ncc3cc4c(cc3c2N1)OCO4. The van der Waals surface area contributed by atoms with Gasteiger partial charge in [-0.25, -0.2) is 0 Å². The zero-order chi connectivity index (χ0) is 12.1. The lowest BCUT2D eigenvalue weighted by Gasteiger charge is -2.17. The lowest BCUT2D eigenvalue weighted by molar-refractivity contribution is -0.116. The number of amides is 1. The molecule has 0 bridgehead atoms. The molecule has 1 aromatic carbocycles. The van der Waals surface area contributed by atoms with E-state index >= 15 is 0 Å². The molecular weight excluding hydrogens is 232 g/mol. The van der Waals surface area contributed by atoms with Crippen molar-refractivity contribution in [3.63, 3.8) is 0 Å². The van der Waals surface area contributed by atoms with Gasteiger partial charge in [0.15, 0.2) is 11.5 Å². The van der Waals surface area contributed by atoms with Gasteiger partial charge in [0.2, 0.25) is 12.7 Å². The quantitative estimate of drug-likeness (QED) is 0.765. The van der Waals surface area contributed by atoms with Crippen LogP contribution < -0.4 is 14.8 Å². The molecule has 5 nitrogen and oxygen atoms in total. The summed E-state index contributed by atoms with van der Waals surface area (Å²) >= 11 is 0. The van der Waals surface area contributed by atoms with E-state index in [9.17, 15) is 4.79 Å². The van der Waals surface area contributed by atoms with Crippen molar-refractivity contribution >= 4 is 22.4 Å². The van der Waals surface area contributed by atoms with Crippen LogP contribution in [0.2, 0.25) is 0 Å². The number of carbonyl (C=O) groups excluding carboxylic acids is 1. The Labute approximate surface area is 103 Å².